The fraction of sp³-hybridized carbons (Fsp3) is 0.136. The van der Waals surface area contributed by atoms with E-state index < -0.39 is 15.9 Å². The van der Waals surface area contributed by atoms with Crippen LogP contribution in [-0.4, -0.2) is 14.4 Å². The highest BCUT2D eigenvalue weighted by molar-refractivity contribution is 9.10. The Balaban J connectivity index is 1.78. The maximum Gasteiger partial charge on any atom is 0.323 e. The molecular weight excluding hydrogens is 488 g/mol. The molecule has 0 aliphatic carbocycles. The zero-order chi connectivity index (χ0) is 21.9. The number of carbonyl (C=O) groups excluding carboxylic acids is 1. The van der Waals surface area contributed by atoms with Crippen molar-refractivity contribution >= 4 is 54.8 Å². The molecule has 3 aromatic carbocycles. The maximum atomic E-state index is 12.9. The van der Waals surface area contributed by atoms with Crippen LogP contribution in [0, 0.1) is 13.8 Å². The minimum absolute atomic E-state index is 0.154. The third-order valence-electron chi connectivity index (χ3n) is 4.49. The zero-order valence-electron chi connectivity index (χ0n) is 16.4. The number of hydrogen-bond donors (Lipinski definition) is 2. The molecule has 2 amide bonds. The predicted molar refractivity (Wildman–Crippen MR) is 125 cm³/mol. The van der Waals surface area contributed by atoms with Crippen molar-refractivity contribution in [1.29, 1.82) is 0 Å². The second-order valence-corrected chi connectivity index (χ2v) is 10.2. The Hall–Kier alpha value is -2.35. The number of aryl methyl sites for hydroxylation is 2. The lowest BCUT2D eigenvalue weighted by Crippen LogP contribution is -2.20. The van der Waals surface area contributed by atoms with Crippen LogP contribution in [0.5, 0.6) is 0 Å². The number of urea groups is 1. The predicted octanol–water partition coefficient (Wildman–Crippen LogP) is 6.34. The van der Waals surface area contributed by atoms with Crippen molar-refractivity contribution in [3.05, 3.63) is 86.8 Å². The van der Waals surface area contributed by atoms with Crippen molar-refractivity contribution < 1.29 is 13.2 Å². The lowest BCUT2D eigenvalue weighted by Gasteiger charge is -2.13. The van der Waals surface area contributed by atoms with Gasteiger partial charge in [-0.25, -0.2) is 13.2 Å². The van der Waals surface area contributed by atoms with Crippen LogP contribution in [0.25, 0.3) is 0 Å². The Kier molecular flexibility index (Phi) is 6.85. The zero-order valence-corrected chi connectivity index (χ0v) is 19.5. The minimum atomic E-state index is -3.61. The van der Waals surface area contributed by atoms with Crippen LogP contribution >= 0.6 is 27.5 Å². The largest absolute Gasteiger partial charge is 0.323 e. The highest BCUT2D eigenvalue weighted by atomic mass is 79.9. The van der Waals surface area contributed by atoms with E-state index in [2.05, 4.69) is 26.6 Å². The Morgan fingerprint density at radius 2 is 1.63 bits per heavy atom. The summed E-state index contributed by atoms with van der Waals surface area (Å²) in [6, 6.07) is 16.6. The second kappa shape index (κ2) is 9.20. The molecule has 156 valence electrons. The van der Waals surface area contributed by atoms with Crippen molar-refractivity contribution in [2.45, 2.75) is 24.5 Å². The average Bonchev–Trinajstić information content (AvgIpc) is 2.67. The number of anilines is 2. The first-order chi connectivity index (χ1) is 14.1. The molecule has 0 atom stereocenters. The normalized spacial score (nSPS) is 11.2. The summed E-state index contributed by atoms with van der Waals surface area (Å²) in [5, 5.41) is 6.02. The first-order valence-electron chi connectivity index (χ1n) is 9.06. The molecule has 0 aliphatic heterocycles. The number of nitrogens with one attached hydrogen (secondary N) is 2. The van der Waals surface area contributed by atoms with Gasteiger partial charge in [-0.3, -0.25) is 0 Å². The molecule has 5 nitrogen and oxygen atoms in total. The van der Waals surface area contributed by atoms with Crippen molar-refractivity contribution in [2.75, 3.05) is 10.6 Å². The molecule has 30 heavy (non-hydrogen) atoms. The highest BCUT2D eigenvalue weighted by Gasteiger charge is 2.19. The topological polar surface area (TPSA) is 75.3 Å². The van der Waals surface area contributed by atoms with Crippen LogP contribution in [0.1, 0.15) is 16.7 Å². The van der Waals surface area contributed by atoms with Gasteiger partial charge in [-0.15, -0.1) is 0 Å². The summed E-state index contributed by atoms with van der Waals surface area (Å²) < 4.78 is 26.8. The van der Waals surface area contributed by atoms with E-state index in [1.165, 1.54) is 6.07 Å². The number of amides is 2. The summed E-state index contributed by atoms with van der Waals surface area (Å²) in [5.74, 6) is -0.154. The minimum Gasteiger partial charge on any atom is -0.308 e. The molecule has 3 rings (SSSR count). The summed E-state index contributed by atoms with van der Waals surface area (Å²) in [7, 11) is -3.61. The van der Waals surface area contributed by atoms with E-state index >= 15 is 0 Å². The molecule has 8 heteroatoms. The van der Waals surface area contributed by atoms with Gasteiger partial charge < -0.3 is 10.6 Å². The third kappa shape index (κ3) is 5.62. The van der Waals surface area contributed by atoms with Crippen LogP contribution in [-0.2, 0) is 15.6 Å². The van der Waals surface area contributed by atoms with E-state index in [9.17, 15) is 13.2 Å². The Morgan fingerprint density at radius 1 is 0.933 bits per heavy atom. The fourth-order valence-corrected chi connectivity index (χ4v) is 5.20. The average molecular weight is 508 g/mol. The van der Waals surface area contributed by atoms with Crippen LogP contribution in [0.4, 0.5) is 16.2 Å². The van der Waals surface area contributed by atoms with E-state index in [1.807, 2.05) is 19.1 Å². The Bertz CT molecular complexity index is 1200. The van der Waals surface area contributed by atoms with Gasteiger partial charge in [0.25, 0.3) is 0 Å². The van der Waals surface area contributed by atoms with E-state index in [0.29, 0.717) is 27.5 Å². The van der Waals surface area contributed by atoms with Crippen molar-refractivity contribution in [3.63, 3.8) is 0 Å². The van der Waals surface area contributed by atoms with Gasteiger partial charge >= 0.3 is 6.03 Å². The van der Waals surface area contributed by atoms with Crippen molar-refractivity contribution in [2.24, 2.45) is 0 Å². The smallest absolute Gasteiger partial charge is 0.308 e. The lowest BCUT2D eigenvalue weighted by atomic mass is 10.2. The molecule has 0 saturated carbocycles. The molecule has 0 unspecified atom stereocenters. The Labute approximate surface area is 189 Å². The molecule has 0 fully saturated rings. The summed E-state index contributed by atoms with van der Waals surface area (Å²) in [4.78, 5) is 12.6. The van der Waals surface area contributed by atoms with Crippen LogP contribution in [0.2, 0.25) is 5.02 Å². The molecule has 2 N–H and O–H groups in total. The number of benzene rings is 3. The number of halogens is 2. The lowest BCUT2D eigenvalue weighted by molar-refractivity contribution is 0.262. The van der Waals surface area contributed by atoms with Gasteiger partial charge in [0.1, 0.15) is 0 Å². The molecule has 0 radical (unpaired) electrons. The highest BCUT2D eigenvalue weighted by Crippen LogP contribution is 2.25. The van der Waals surface area contributed by atoms with Gasteiger partial charge in [0.15, 0.2) is 9.84 Å². The number of carbonyl (C=O) groups is 1. The molecular formula is C22H20BrClN2O3S. The van der Waals surface area contributed by atoms with Gasteiger partial charge in [0.05, 0.1) is 10.6 Å². The standard InChI is InChI=1S/C22H20BrClN2O3S/c1-14-3-9-19(25-22(27)26-20-10-6-17(23)11-15(20)2)12-21(14)30(28,29)13-16-4-7-18(24)8-5-16/h3-12H,13H2,1-2H3,(H2,25,26,27). The number of sulfone groups is 1. The molecule has 0 spiro atoms. The summed E-state index contributed by atoms with van der Waals surface area (Å²) in [6.07, 6.45) is 0. The van der Waals surface area contributed by atoms with E-state index in [4.69, 9.17) is 11.6 Å². The quantitative estimate of drug-likeness (QED) is 0.423. The Morgan fingerprint density at radius 3 is 2.30 bits per heavy atom. The fourth-order valence-electron chi connectivity index (χ4n) is 2.94. The van der Waals surface area contributed by atoms with E-state index in [0.717, 1.165) is 10.0 Å². The molecule has 0 bridgehead atoms. The van der Waals surface area contributed by atoms with Gasteiger partial charge in [-0.1, -0.05) is 45.7 Å². The third-order valence-corrected chi connectivity index (χ3v) is 7.06. The van der Waals surface area contributed by atoms with Gasteiger partial charge in [-0.05, 0) is 73.0 Å². The van der Waals surface area contributed by atoms with E-state index in [1.54, 1.807) is 49.4 Å². The monoisotopic (exact) mass is 506 g/mol. The number of hydrogen-bond acceptors (Lipinski definition) is 3. The van der Waals surface area contributed by atoms with E-state index in [-0.39, 0.29) is 10.6 Å². The van der Waals surface area contributed by atoms with Gasteiger partial charge in [0.2, 0.25) is 0 Å². The summed E-state index contributed by atoms with van der Waals surface area (Å²) in [6.45, 7) is 3.61. The first kappa shape index (κ1) is 22.3. The molecule has 0 saturated heterocycles. The van der Waals surface area contributed by atoms with Gasteiger partial charge in [0, 0.05) is 20.9 Å². The van der Waals surface area contributed by atoms with Crippen molar-refractivity contribution in [3.8, 4) is 0 Å². The van der Waals surface area contributed by atoms with Gasteiger partial charge in [-0.2, -0.15) is 0 Å². The van der Waals surface area contributed by atoms with Crippen LogP contribution in [0.3, 0.4) is 0 Å². The maximum absolute atomic E-state index is 12.9. The summed E-state index contributed by atoms with van der Waals surface area (Å²) >= 11 is 9.26. The molecule has 0 heterocycles. The van der Waals surface area contributed by atoms with Crippen LogP contribution < -0.4 is 10.6 Å². The van der Waals surface area contributed by atoms with Crippen molar-refractivity contribution in [1.82, 2.24) is 0 Å². The number of rotatable bonds is 5. The molecule has 3 aromatic rings. The SMILES string of the molecule is Cc1cc(Br)ccc1NC(=O)Nc1ccc(C)c(S(=O)(=O)Cc2ccc(Cl)cc2)c1. The summed E-state index contributed by atoms with van der Waals surface area (Å²) in [5.41, 5.74) is 3.20. The molecule has 0 aromatic heterocycles. The first-order valence-corrected chi connectivity index (χ1v) is 11.9. The molecule has 0 aliphatic rings. The van der Waals surface area contributed by atoms with Crippen LogP contribution in [0.15, 0.2) is 70.0 Å². The second-order valence-electron chi connectivity index (χ2n) is 6.90.